The lowest BCUT2D eigenvalue weighted by atomic mass is 9.95. The minimum atomic E-state index is -0.571. The molecular formula is C22H23N5O4. The van der Waals surface area contributed by atoms with Gasteiger partial charge in [-0.25, -0.2) is 4.79 Å². The fraction of sp³-hybridized carbons (Fsp3) is 0.273. The maximum absolute atomic E-state index is 12.5. The number of hydrogen-bond donors (Lipinski definition) is 1. The van der Waals surface area contributed by atoms with Gasteiger partial charge in [0.05, 0.1) is 19.8 Å². The summed E-state index contributed by atoms with van der Waals surface area (Å²) in [6, 6.07) is 13.1. The van der Waals surface area contributed by atoms with E-state index in [9.17, 15) is 4.79 Å². The van der Waals surface area contributed by atoms with Crippen molar-refractivity contribution in [2.24, 2.45) is 0 Å². The lowest BCUT2D eigenvalue weighted by Crippen LogP contribution is -2.29. The molecule has 2 aromatic carbocycles. The van der Waals surface area contributed by atoms with Crippen LogP contribution in [0.1, 0.15) is 29.7 Å². The number of aryl methyl sites for hydroxylation is 1. The Morgan fingerprint density at radius 3 is 2.71 bits per heavy atom. The van der Waals surface area contributed by atoms with Gasteiger partial charge in [0.25, 0.3) is 0 Å². The summed E-state index contributed by atoms with van der Waals surface area (Å²) in [7, 11) is 2.92. The molecule has 0 saturated carbocycles. The highest BCUT2D eigenvalue weighted by molar-refractivity contribution is 5.92. The van der Waals surface area contributed by atoms with Crippen LogP contribution < -0.4 is 14.8 Å². The number of allylic oxidation sites excluding steroid dienone is 1. The monoisotopic (exact) mass is 421 g/mol. The molecule has 0 radical (unpaired) electrons. The molecule has 1 N–H and O–H groups in total. The Morgan fingerprint density at radius 2 is 1.97 bits per heavy atom. The molecule has 1 aromatic heterocycles. The van der Waals surface area contributed by atoms with Crippen LogP contribution in [0.5, 0.6) is 11.5 Å². The number of fused-ring (bicyclic) bond motifs is 1. The van der Waals surface area contributed by atoms with Crippen molar-refractivity contribution in [2.75, 3.05) is 19.5 Å². The van der Waals surface area contributed by atoms with Crippen LogP contribution in [0.4, 0.5) is 5.95 Å². The SMILES string of the molecule is COC(=O)C1=C(C)Nc2nnnn2C1c1ccc(OCc2cccc(C)c2)c(OC)c1. The zero-order valence-electron chi connectivity index (χ0n) is 17.7. The minimum Gasteiger partial charge on any atom is -0.493 e. The number of tetrazole rings is 1. The third kappa shape index (κ3) is 3.94. The molecule has 1 aliphatic rings. The molecule has 1 unspecified atom stereocenters. The molecule has 0 spiro atoms. The molecule has 3 aromatic rings. The summed E-state index contributed by atoms with van der Waals surface area (Å²) in [6.07, 6.45) is 0. The number of nitrogens with zero attached hydrogens (tertiary/aromatic N) is 4. The Bertz CT molecular complexity index is 1150. The van der Waals surface area contributed by atoms with Crippen molar-refractivity contribution in [1.29, 1.82) is 0 Å². The van der Waals surface area contributed by atoms with Crippen molar-refractivity contribution in [3.63, 3.8) is 0 Å². The van der Waals surface area contributed by atoms with Crippen LogP contribution in [0.3, 0.4) is 0 Å². The second-order valence-corrected chi connectivity index (χ2v) is 7.19. The molecule has 1 aliphatic heterocycles. The summed E-state index contributed by atoms with van der Waals surface area (Å²) < 4.78 is 18.1. The molecule has 31 heavy (non-hydrogen) atoms. The highest BCUT2D eigenvalue weighted by Gasteiger charge is 2.35. The van der Waals surface area contributed by atoms with E-state index in [1.54, 1.807) is 18.7 Å². The smallest absolute Gasteiger partial charge is 0.338 e. The highest BCUT2D eigenvalue weighted by atomic mass is 16.5. The number of esters is 1. The molecule has 0 fully saturated rings. The van der Waals surface area contributed by atoms with E-state index in [-0.39, 0.29) is 0 Å². The number of carbonyl (C=O) groups is 1. The molecule has 2 heterocycles. The summed E-state index contributed by atoms with van der Waals surface area (Å²) >= 11 is 0. The van der Waals surface area contributed by atoms with E-state index < -0.39 is 12.0 Å². The number of aromatic nitrogens is 4. The Kier molecular flexibility index (Phi) is 5.57. The molecule has 0 aliphatic carbocycles. The number of methoxy groups -OCH3 is 2. The fourth-order valence-electron chi connectivity index (χ4n) is 3.63. The standard InChI is InChI=1S/C22H23N5O4/c1-13-6-5-7-15(10-13)12-31-17-9-8-16(11-18(17)29-3)20-19(21(28)30-4)14(2)23-22-24-25-26-27(20)22/h5-11,20H,12H2,1-4H3,(H,23,24,26). The predicted molar refractivity (Wildman–Crippen MR) is 113 cm³/mol. The van der Waals surface area contributed by atoms with E-state index in [1.807, 2.05) is 43.3 Å². The van der Waals surface area contributed by atoms with Gasteiger partial charge in [0.1, 0.15) is 12.6 Å². The zero-order chi connectivity index (χ0) is 22.0. The summed E-state index contributed by atoms with van der Waals surface area (Å²) in [5.41, 5.74) is 4.03. The first-order valence-corrected chi connectivity index (χ1v) is 9.72. The van der Waals surface area contributed by atoms with Crippen LogP contribution in [-0.2, 0) is 16.1 Å². The number of nitrogens with one attached hydrogen (secondary N) is 1. The van der Waals surface area contributed by atoms with Crippen LogP contribution in [0.15, 0.2) is 53.7 Å². The van der Waals surface area contributed by atoms with Crippen molar-refractivity contribution < 1.29 is 19.0 Å². The molecule has 1 atom stereocenters. The van der Waals surface area contributed by atoms with E-state index in [0.717, 1.165) is 11.1 Å². The summed E-state index contributed by atoms with van der Waals surface area (Å²) in [4.78, 5) is 12.5. The van der Waals surface area contributed by atoms with Crippen molar-refractivity contribution >= 4 is 11.9 Å². The average Bonchev–Trinajstić information content (AvgIpc) is 3.24. The second-order valence-electron chi connectivity index (χ2n) is 7.19. The first-order valence-electron chi connectivity index (χ1n) is 9.72. The zero-order valence-corrected chi connectivity index (χ0v) is 17.7. The molecular weight excluding hydrogens is 398 g/mol. The molecule has 0 amide bonds. The number of ether oxygens (including phenoxy) is 3. The lowest BCUT2D eigenvalue weighted by molar-refractivity contribution is -0.136. The van der Waals surface area contributed by atoms with E-state index in [0.29, 0.717) is 35.3 Å². The summed E-state index contributed by atoms with van der Waals surface area (Å²) in [5, 5.41) is 14.8. The summed E-state index contributed by atoms with van der Waals surface area (Å²) in [6.45, 7) is 4.24. The van der Waals surface area contributed by atoms with Gasteiger partial charge < -0.3 is 19.5 Å². The first-order chi connectivity index (χ1) is 15.0. The molecule has 0 saturated heterocycles. The maximum Gasteiger partial charge on any atom is 0.338 e. The molecule has 160 valence electrons. The third-order valence-corrected chi connectivity index (χ3v) is 5.10. The second kappa shape index (κ2) is 8.47. The number of benzene rings is 2. The van der Waals surface area contributed by atoms with Gasteiger partial charge in [-0.3, -0.25) is 0 Å². The normalized spacial score (nSPS) is 15.2. The number of rotatable bonds is 6. The molecule has 4 rings (SSSR count). The van der Waals surface area contributed by atoms with Crippen molar-refractivity contribution in [1.82, 2.24) is 20.2 Å². The van der Waals surface area contributed by atoms with Gasteiger partial charge in [-0.05, 0) is 47.5 Å². The van der Waals surface area contributed by atoms with E-state index in [1.165, 1.54) is 12.7 Å². The molecule has 9 heteroatoms. The van der Waals surface area contributed by atoms with Crippen LogP contribution in [-0.4, -0.2) is 40.4 Å². The first kappa shape index (κ1) is 20.4. The Balaban J connectivity index is 1.68. The van der Waals surface area contributed by atoms with Gasteiger partial charge in [0.2, 0.25) is 5.95 Å². The quantitative estimate of drug-likeness (QED) is 0.606. The van der Waals surface area contributed by atoms with Crippen molar-refractivity contribution in [3.8, 4) is 11.5 Å². The number of carbonyl (C=O) groups excluding carboxylic acids is 1. The van der Waals surface area contributed by atoms with Crippen LogP contribution >= 0.6 is 0 Å². The fourth-order valence-corrected chi connectivity index (χ4v) is 3.63. The summed E-state index contributed by atoms with van der Waals surface area (Å²) in [5.74, 6) is 1.11. The van der Waals surface area contributed by atoms with Crippen molar-refractivity contribution in [2.45, 2.75) is 26.5 Å². The van der Waals surface area contributed by atoms with Crippen LogP contribution in [0.2, 0.25) is 0 Å². The molecule has 0 bridgehead atoms. The Labute approximate surface area is 179 Å². The van der Waals surface area contributed by atoms with Gasteiger partial charge in [-0.2, -0.15) is 4.68 Å². The number of hydrogen-bond acceptors (Lipinski definition) is 8. The van der Waals surface area contributed by atoms with E-state index in [4.69, 9.17) is 14.2 Å². The highest BCUT2D eigenvalue weighted by Crippen LogP contribution is 2.38. The van der Waals surface area contributed by atoms with Gasteiger partial charge >= 0.3 is 5.97 Å². The minimum absolute atomic E-state index is 0.411. The van der Waals surface area contributed by atoms with Crippen LogP contribution in [0, 0.1) is 6.92 Å². The van der Waals surface area contributed by atoms with E-state index >= 15 is 0 Å². The largest absolute Gasteiger partial charge is 0.493 e. The topological polar surface area (TPSA) is 100 Å². The van der Waals surface area contributed by atoms with Crippen molar-refractivity contribution in [3.05, 3.63) is 70.4 Å². The average molecular weight is 421 g/mol. The Hall–Kier alpha value is -3.88. The van der Waals surface area contributed by atoms with Gasteiger partial charge in [0, 0.05) is 5.70 Å². The number of anilines is 1. The Morgan fingerprint density at radius 1 is 1.13 bits per heavy atom. The predicted octanol–water partition coefficient (Wildman–Crippen LogP) is 3.03. The van der Waals surface area contributed by atoms with Crippen LogP contribution in [0.25, 0.3) is 0 Å². The lowest BCUT2D eigenvalue weighted by Gasteiger charge is -2.27. The van der Waals surface area contributed by atoms with Gasteiger partial charge in [-0.15, -0.1) is 0 Å². The van der Waals surface area contributed by atoms with E-state index in [2.05, 4.69) is 26.9 Å². The molecule has 9 nitrogen and oxygen atoms in total. The van der Waals surface area contributed by atoms with Gasteiger partial charge in [-0.1, -0.05) is 41.0 Å². The third-order valence-electron chi connectivity index (χ3n) is 5.10. The van der Waals surface area contributed by atoms with Gasteiger partial charge in [0.15, 0.2) is 11.5 Å². The maximum atomic E-state index is 12.5.